The van der Waals surface area contributed by atoms with E-state index < -0.39 is 12.5 Å². The van der Waals surface area contributed by atoms with E-state index in [0.717, 1.165) is 15.9 Å². The molecular weight excluding hydrogens is 302 g/mol. The molecule has 0 N–H and O–H groups in total. The Morgan fingerprint density at radius 3 is 2.78 bits per heavy atom. The van der Waals surface area contributed by atoms with Crippen LogP contribution in [0.15, 0.2) is 36.4 Å². The highest BCUT2D eigenvalue weighted by molar-refractivity contribution is 5.92. The highest BCUT2D eigenvalue weighted by atomic mass is 19.3. The zero-order chi connectivity index (χ0) is 16.6. The van der Waals surface area contributed by atoms with E-state index in [4.69, 9.17) is 4.74 Å². The van der Waals surface area contributed by atoms with Crippen LogP contribution in [0.3, 0.4) is 0 Å². The molecule has 1 aromatic carbocycles. The van der Waals surface area contributed by atoms with Gasteiger partial charge in [-0.15, -0.1) is 0 Å². The molecule has 122 valence electrons. The molecule has 0 spiro atoms. The maximum Gasteiger partial charge on any atom is 0.319 e. The van der Waals surface area contributed by atoms with Gasteiger partial charge in [0, 0.05) is 19.2 Å². The fraction of sp³-hybridized carbons (Fsp3) is 0.353. The van der Waals surface area contributed by atoms with Crippen molar-refractivity contribution in [3.63, 3.8) is 0 Å². The van der Waals surface area contributed by atoms with Gasteiger partial charge in [0.05, 0.1) is 6.54 Å². The van der Waals surface area contributed by atoms with Crippen LogP contribution >= 0.6 is 0 Å². The zero-order valence-electron chi connectivity index (χ0n) is 13.0. The summed E-state index contributed by atoms with van der Waals surface area (Å²) in [5, 5.41) is 0. The van der Waals surface area contributed by atoms with Crippen molar-refractivity contribution in [3.05, 3.63) is 53.3 Å². The Labute approximate surface area is 133 Å². The Bertz CT molecular complexity index is 702. The lowest BCUT2D eigenvalue weighted by atomic mass is 10.1. The SMILES string of the molecule is Cc1ccc(C(=O)N(C)C[C@H]2Cc3ccccc3O2)n1C(F)F. The molecule has 1 aliphatic rings. The molecular formula is C17H18F2N2O2. The number of rotatable bonds is 4. The minimum atomic E-state index is -2.73. The van der Waals surface area contributed by atoms with Gasteiger partial charge in [0.2, 0.25) is 0 Å². The Hall–Kier alpha value is -2.37. The number of carbonyl (C=O) groups is 1. The second-order valence-electron chi connectivity index (χ2n) is 5.74. The Balaban J connectivity index is 1.70. The molecule has 3 rings (SSSR count). The number of nitrogens with zero attached hydrogens (tertiary/aromatic N) is 2. The van der Waals surface area contributed by atoms with Crippen molar-refractivity contribution in [3.8, 4) is 5.75 Å². The van der Waals surface area contributed by atoms with Crippen LogP contribution in [0, 0.1) is 6.92 Å². The van der Waals surface area contributed by atoms with Gasteiger partial charge in [-0.1, -0.05) is 18.2 Å². The number of benzene rings is 1. The quantitative estimate of drug-likeness (QED) is 0.866. The number of halogens is 2. The normalized spacial score (nSPS) is 16.3. The van der Waals surface area contributed by atoms with Crippen molar-refractivity contribution < 1.29 is 18.3 Å². The summed E-state index contributed by atoms with van der Waals surface area (Å²) in [6, 6.07) is 10.7. The molecule has 0 bridgehead atoms. The number of aromatic nitrogens is 1. The van der Waals surface area contributed by atoms with Crippen molar-refractivity contribution >= 4 is 5.91 Å². The molecule has 0 radical (unpaired) electrons. The van der Waals surface area contributed by atoms with Crippen molar-refractivity contribution in [1.82, 2.24) is 9.47 Å². The fourth-order valence-electron chi connectivity index (χ4n) is 2.92. The number of hydrogen-bond donors (Lipinski definition) is 0. The zero-order valence-corrected chi connectivity index (χ0v) is 13.0. The summed E-state index contributed by atoms with van der Waals surface area (Å²) in [6.45, 7) is -0.829. The molecule has 2 heterocycles. The maximum atomic E-state index is 13.1. The Morgan fingerprint density at radius 1 is 1.35 bits per heavy atom. The predicted molar refractivity (Wildman–Crippen MR) is 81.9 cm³/mol. The van der Waals surface area contributed by atoms with Gasteiger partial charge in [0.25, 0.3) is 5.91 Å². The van der Waals surface area contributed by atoms with Crippen LogP contribution < -0.4 is 4.74 Å². The van der Waals surface area contributed by atoms with E-state index >= 15 is 0 Å². The Morgan fingerprint density at radius 2 is 2.09 bits per heavy atom. The smallest absolute Gasteiger partial charge is 0.319 e. The molecule has 1 atom stereocenters. The molecule has 0 unspecified atom stereocenters. The lowest BCUT2D eigenvalue weighted by Gasteiger charge is -2.22. The number of ether oxygens (including phenoxy) is 1. The summed E-state index contributed by atoms with van der Waals surface area (Å²) in [5.74, 6) is 0.392. The molecule has 0 fully saturated rings. The molecule has 1 amide bonds. The van der Waals surface area contributed by atoms with Crippen molar-refractivity contribution in [2.24, 2.45) is 0 Å². The first-order valence-corrected chi connectivity index (χ1v) is 7.43. The second kappa shape index (κ2) is 6.02. The van der Waals surface area contributed by atoms with E-state index in [1.165, 1.54) is 17.0 Å². The number of fused-ring (bicyclic) bond motifs is 1. The van der Waals surface area contributed by atoms with Crippen LogP contribution in [0.25, 0.3) is 0 Å². The molecule has 0 aliphatic carbocycles. The van der Waals surface area contributed by atoms with E-state index in [0.29, 0.717) is 18.7 Å². The minimum Gasteiger partial charge on any atom is -0.488 e. The third-order valence-corrected chi connectivity index (χ3v) is 4.07. The van der Waals surface area contributed by atoms with Gasteiger partial charge < -0.3 is 9.64 Å². The predicted octanol–water partition coefficient (Wildman–Crippen LogP) is 3.27. The number of para-hydroxylation sites is 1. The third-order valence-electron chi connectivity index (χ3n) is 4.07. The van der Waals surface area contributed by atoms with Gasteiger partial charge in [-0.3, -0.25) is 9.36 Å². The number of likely N-dealkylation sites (N-methyl/N-ethyl adjacent to an activating group) is 1. The monoisotopic (exact) mass is 320 g/mol. The topological polar surface area (TPSA) is 34.5 Å². The van der Waals surface area contributed by atoms with Gasteiger partial charge in [0.1, 0.15) is 17.5 Å². The average Bonchev–Trinajstić information content (AvgIpc) is 3.08. The average molecular weight is 320 g/mol. The number of aryl methyl sites for hydroxylation is 1. The van der Waals surface area contributed by atoms with Crippen LogP contribution in [0.2, 0.25) is 0 Å². The minimum absolute atomic E-state index is 0.00416. The first kappa shape index (κ1) is 15.5. The molecule has 1 aromatic heterocycles. The number of amides is 1. The Kier molecular flexibility index (Phi) is 4.07. The fourth-order valence-corrected chi connectivity index (χ4v) is 2.92. The van der Waals surface area contributed by atoms with E-state index in [-0.39, 0.29) is 11.8 Å². The van der Waals surface area contributed by atoms with Gasteiger partial charge >= 0.3 is 6.55 Å². The van der Waals surface area contributed by atoms with E-state index in [2.05, 4.69) is 0 Å². The molecule has 23 heavy (non-hydrogen) atoms. The van der Waals surface area contributed by atoms with Gasteiger partial charge in [-0.05, 0) is 30.7 Å². The lowest BCUT2D eigenvalue weighted by molar-refractivity contribution is 0.0544. The summed E-state index contributed by atoms with van der Waals surface area (Å²) in [4.78, 5) is 13.9. The van der Waals surface area contributed by atoms with Crippen LogP contribution in [0.5, 0.6) is 5.75 Å². The van der Waals surface area contributed by atoms with E-state index in [1.54, 1.807) is 14.0 Å². The number of hydrogen-bond acceptors (Lipinski definition) is 2. The largest absolute Gasteiger partial charge is 0.488 e. The maximum absolute atomic E-state index is 13.1. The number of alkyl halides is 2. The highest BCUT2D eigenvalue weighted by Gasteiger charge is 2.27. The second-order valence-corrected chi connectivity index (χ2v) is 5.74. The van der Waals surface area contributed by atoms with E-state index in [1.807, 2.05) is 24.3 Å². The van der Waals surface area contributed by atoms with Crippen LogP contribution in [0.1, 0.15) is 28.3 Å². The lowest BCUT2D eigenvalue weighted by Crippen LogP contribution is -2.37. The molecule has 2 aromatic rings. The summed E-state index contributed by atoms with van der Waals surface area (Å²) in [5.41, 5.74) is 1.46. The first-order valence-electron chi connectivity index (χ1n) is 7.43. The summed E-state index contributed by atoms with van der Waals surface area (Å²) >= 11 is 0. The van der Waals surface area contributed by atoms with Gasteiger partial charge in [0.15, 0.2) is 0 Å². The first-order chi connectivity index (χ1) is 11.0. The van der Waals surface area contributed by atoms with Crippen molar-refractivity contribution in [2.45, 2.75) is 26.0 Å². The standard InChI is InChI=1S/C17H18F2N2O2/c1-11-7-8-14(21(11)17(18)19)16(22)20(2)10-13-9-12-5-3-4-6-15(12)23-13/h3-8,13,17H,9-10H2,1-2H3/t13-/m1/s1. The van der Waals surface area contributed by atoms with Crippen LogP contribution in [0.4, 0.5) is 8.78 Å². The van der Waals surface area contributed by atoms with Gasteiger partial charge in [-0.2, -0.15) is 8.78 Å². The molecule has 4 nitrogen and oxygen atoms in total. The highest BCUT2D eigenvalue weighted by Crippen LogP contribution is 2.28. The van der Waals surface area contributed by atoms with Crippen molar-refractivity contribution in [1.29, 1.82) is 0 Å². The summed E-state index contributed by atoms with van der Waals surface area (Å²) in [7, 11) is 1.60. The van der Waals surface area contributed by atoms with Crippen LogP contribution in [-0.2, 0) is 6.42 Å². The summed E-state index contributed by atoms with van der Waals surface area (Å²) in [6.07, 6.45) is 0.556. The molecule has 6 heteroatoms. The molecule has 0 saturated carbocycles. The van der Waals surface area contributed by atoms with Crippen LogP contribution in [-0.4, -0.2) is 35.1 Å². The summed E-state index contributed by atoms with van der Waals surface area (Å²) < 4.78 is 32.7. The van der Waals surface area contributed by atoms with E-state index in [9.17, 15) is 13.6 Å². The third kappa shape index (κ3) is 2.93. The molecule has 0 saturated heterocycles. The van der Waals surface area contributed by atoms with Gasteiger partial charge in [-0.25, -0.2) is 0 Å². The number of carbonyl (C=O) groups excluding carboxylic acids is 1. The molecule has 1 aliphatic heterocycles. The van der Waals surface area contributed by atoms with Crippen molar-refractivity contribution in [2.75, 3.05) is 13.6 Å².